The van der Waals surface area contributed by atoms with E-state index in [2.05, 4.69) is 29.4 Å². The number of para-hydroxylation sites is 1. The van der Waals surface area contributed by atoms with Gasteiger partial charge in [0, 0.05) is 6.42 Å². The van der Waals surface area contributed by atoms with Gasteiger partial charge >= 0.3 is 0 Å². The molecule has 0 atom stereocenters. The van der Waals surface area contributed by atoms with Crippen molar-refractivity contribution >= 4 is 16.9 Å². The lowest BCUT2D eigenvalue weighted by atomic mass is 10.1. The van der Waals surface area contributed by atoms with Gasteiger partial charge in [0.1, 0.15) is 5.52 Å². The van der Waals surface area contributed by atoms with Crippen molar-refractivity contribution in [1.29, 1.82) is 0 Å². The van der Waals surface area contributed by atoms with Crippen molar-refractivity contribution in [3.05, 3.63) is 36.4 Å². The second kappa shape index (κ2) is 19.3. The Morgan fingerprint density at radius 3 is 1.79 bits per heavy atom. The zero-order valence-electron chi connectivity index (χ0n) is 21.9. The van der Waals surface area contributed by atoms with Gasteiger partial charge in [-0.1, -0.05) is 126 Å². The minimum Gasteiger partial charge on any atom is -0.273 e. The number of rotatable bonds is 21. The lowest BCUT2D eigenvalue weighted by Gasteiger charge is -2.03. The van der Waals surface area contributed by atoms with E-state index in [1.165, 1.54) is 114 Å². The highest BCUT2D eigenvalue weighted by molar-refractivity contribution is 5.88. The fourth-order valence-electron chi connectivity index (χ4n) is 4.57. The zero-order valence-corrected chi connectivity index (χ0v) is 21.9. The summed E-state index contributed by atoms with van der Waals surface area (Å²) in [4.78, 5) is 12.4. The molecule has 0 N–H and O–H groups in total. The summed E-state index contributed by atoms with van der Waals surface area (Å²) in [7, 11) is 0. The van der Waals surface area contributed by atoms with Crippen LogP contribution in [0, 0.1) is 0 Å². The number of hydrogen-bond donors (Lipinski definition) is 0. The number of unbranched alkanes of at least 4 members (excludes halogenated alkanes) is 17. The molecule has 0 aliphatic heterocycles. The molecule has 0 radical (unpaired) electrons. The Labute approximate surface area is 208 Å². The molecule has 0 aliphatic rings. The van der Waals surface area contributed by atoms with Gasteiger partial charge < -0.3 is 0 Å². The van der Waals surface area contributed by atoms with Crippen molar-refractivity contribution in [1.82, 2.24) is 15.0 Å². The average molecular weight is 468 g/mol. The average Bonchev–Trinajstić information content (AvgIpc) is 3.29. The van der Waals surface area contributed by atoms with Gasteiger partial charge in [-0.15, -0.1) is 5.10 Å². The maximum atomic E-state index is 12.4. The molecular weight excluding hydrogens is 418 g/mol. The van der Waals surface area contributed by atoms with Crippen LogP contribution in [0.2, 0.25) is 0 Å². The van der Waals surface area contributed by atoms with Crippen molar-refractivity contribution in [3.8, 4) is 0 Å². The van der Waals surface area contributed by atoms with E-state index in [-0.39, 0.29) is 5.91 Å². The third-order valence-electron chi connectivity index (χ3n) is 6.74. The van der Waals surface area contributed by atoms with Crippen LogP contribution in [0.1, 0.15) is 140 Å². The van der Waals surface area contributed by atoms with Crippen LogP contribution in [0.3, 0.4) is 0 Å². The second-order valence-corrected chi connectivity index (χ2v) is 9.84. The van der Waals surface area contributed by atoms with Crippen LogP contribution in [0.4, 0.5) is 0 Å². The van der Waals surface area contributed by atoms with Crippen LogP contribution in [0.5, 0.6) is 0 Å². The van der Waals surface area contributed by atoms with Gasteiger partial charge in [-0.25, -0.2) is 0 Å². The number of carbonyl (C=O) groups excluding carboxylic acids is 1. The Balaban J connectivity index is 1.31. The van der Waals surface area contributed by atoms with Crippen molar-refractivity contribution in [3.63, 3.8) is 0 Å². The fraction of sp³-hybridized carbons (Fsp3) is 0.700. The van der Waals surface area contributed by atoms with E-state index >= 15 is 0 Å². The highest BCUT2D eigenvalue weighted by Gasteiger charge is 2.10. The number of benzene rings is 1. The summed E-state index contributed by atoms with van der Waals surface area (Å²) in [6, 6.07) is 7.63. The molecule has 1 heterocycles. The molecule has 4 heteroatoms. The second-order valence-electron chi connectivity index (χ2n) is 9.84. The van der Waals surface area contributed by atoms with E-state index in [4.69, 9.17) is 0 Å². The molecule has 2 aromatic rings. The van der Waals surface area contributed by atoms with E-state index in [0.717, 1.165) is 23.9 Å². The summed E-state index contributed by atoms with van der Waals surface area (Å²) in [6.07, 6.45) is 30.5. The molecule has 190 valence electrons. The Morgan fingerprint density at radius 1 is 0.706 bits per heavy atom. The molecule has 0 fully saturated rings. The summed E-state index contributed by atoms with van der Waals surface area (Å²) >= 11 is 0. The molecule has 34 heavy (non-hydrogen) atoms. The quantitative estimate of drug-likeness (QED) is 0.136. The number of nitrogens with zero attached hydrogens (tertiary/aromatic N) is 3. The predicted octanol–water partition coefficient (Wildman–Crippen LogP) is 9.45. The number of allylic oxidation sites excluding steroid dienone is 2. The Hall–Kier alpha value is -1.97. The van der Waals surface area contributed by atoms with Crippen molar-refractivity contribution in [2.75, 3.05) is 0 Å². The molecule has 1 aromatic heterocycles. The van der Waals surface area contributed by atoms with Crippen LogP contribution < -0.4 is 0 Å². The topological polar surface area (TPSA) is 47.8 Å². The Morgan fingerprint density at radius 2 is 1.21 bits per heavy atom. The minimum atomic E-state index is 0.0540. The molecule has 4 nitrogen and oxygen atoms in total. The van der Waals surface area contributed by atoms with Gasteiger partial charge in [0.25, 0.3) is 0 Å². The van der Waals surface area contributed by atoms with Gasteiger partial charge in [0.15, 0.2) is 0 Å². The van der Waals surface area contributed by atoms with Gasteiger partial charge in [0.2, 0.25) is 5.91 Å². The van der Waals surface area contributed by atoms with E-state index in [9.17, 15) is 4.79 Å². The smallest absolute Gasteiger partial charge is 0.248 e. The standard InChI is InChI=1S/C30H49N3O/c1-2-3-4-5-6-7-8-9-10-11-12-13-14-15-16-17-18-19-20-21-22-27-30(34)33-29-26-24-23-25-28(29)31-32-33/h13-14,23-26H,2-12,15-22,27H2,1H3/b14-13+. The maximum Gasteiger partial charge on any atom is 0.248 e. The van der Waals surface area contributed by atoms with Gasteiger partial charge in [-0.2, -0.15) is 4.68 Å². The molecule has 1 aromatic carbocycles. The predicted molar refractivity (Wildman–Crippen MR) is 145 cm³/mol. The number of aromatic nitrogens is 3. The summed E-state index contributed by atoms with van der Waals surface area (Å²) in [5.41, 5.74) is 1.59. The van der Waals surface area contributed by atoms with Gasteiger partial charge in [-0.05, 0) is 44.2 Å². The lowest BCUT2D eigenvalue weighted by molar-refractivity contribution is 0.0886. The van der Waals surface area contributed by atoms with Crippen molar-refractivity contribution in [2.24, 2.45) is 0 Å². The molecule has 0 saturated carbocycles. The van der Waals surface area contributed by atoms with Gasteiger partial charge in [0.05, 0.1) is 5.52 Å². The molecule has 0 saturated heterocycles. The minimum absolute atomic E-state index is 0.0540. The first-order valence-electron chi connectivity index (χ1n) is 14.3. The highest BCUT2D eigenvalue weighted by atomic mass is 16.2. The summed E-state index contributed by atoms with van der Waals surface area (Å²) < 4.78 is 1.46. The number of carbonyl (C=O) groups is 1. The molecule has 2 rings (SSSR count). The van der Waals surface area contributed by atoms with E-state index in [0.29, 0.717) is 6.42 Å². The highest BCUT2D eigenvalue weighted by Crippen LogP contribution is 2.14. The third-order valence-corrected chi connectivity index (χ3v) is 6.74. The largest absolute Gasteiger partial charge is 0.273 e. The van der Waals surface area contributed by atoms with Crippen LogP contribution in [0.25, 0.3) is 11.0 Å². The summed E-state index contributed by atoms with van der Waals surface area (Å²) in [5, 5.41) is 8.08. The summed E-state index contributed by atoms with van der Waals surface area (Å²) in [6.45, 7) is 2.29. The molecule has 0 aliphatic carbocycles. The normalized spacial score (nSPS) is 11.7. The zero-order chi connectivity index (χ0) is 24.1. The SMILES string of the molecule is CCCCCCCCCCCC/C=C/CCCCCCCCCC(=O)n1nnc2ccccc21. The van der Waals surface area contributed by atoms with Crippen molar-refractivity contribution in [2.45, 2.75) is 135 Å². The molecule has 0 spiro atoms. The molecule has 0 amide bonds. The van der Waals surface area contributed by atoms with Crippen LogP contribution in [0.15, 0.2) is 36.4 Å². The van der Waals surface area contributed by atoms with E-state index < -0.39 is 0 Å². The summed E-state index contributed by atoms with van der Waals surface area (Å²) in [5.74, 6) is 0.0540. The first-order valence-corrected chi connectivity index (χ1v) is 14.3. The first kappa shape index (κ1) is 28.3. The number of hydrogen-bond acceptors (Lipinski definition) is 3. The third kappa shape index (κ3) is 12.5. The number of fused-ring (bicyclic) bond motifs is 1. The van der Waals surface area contributed by atoms with E-state index in [1.807, 2.05) is 24.3 Å². The van der Waals surface area contributed by atoms with Crippen LogP contribution in [-0.2, 0) is 0 Å². The van der Waals surface area contributed by atoms with E-state index in [1.54, 1.807) is 0 Å². The lowest BCUT2D eigenvalue weighted by Crippen LogP contribution is -2.12. The Kier molecular flexibility index (Phi) is 16.1. The molecule has 0 unspecified atom stereocenters. The Bertz CT molecular complexity index is 795. The van der Waals surface area contributed by atoms with Crippen LogP contribution in [-0.4, -0.2) is 20.9 Å². The van der Waals surface area contributed by atoms with Crippen LogP contribution >= 0.6 is 0 Å². The monoisotopic (exact) mass is 467 g/mol. The maximum absolute atomic E-state index is 12.4. The first-order chi connectivity index (χ1) is 16.8. The molecular formula is C30H49N3O. The van der Waals surface area contributed by atoms with Gasteiger partial charge in [-0.3, -0.25) is 4.79 Å². The van der Waals surface area contributed by atoms with Crippen molar-refractivity contribution < 1.29 is 4.79 Å². The fourth-order valence-corrected chi connectivity index (χ4v) is 4.57. The molecule has 0 bridgehead atoms.